The molecule has 2 N–H and O–H groups in total. The Morgan fingerprint density at radius 1 is 1.23 bits per heavy atom. The number of nitrogens with one attached hydrogen (secondary N) is 2. The Kier molecular flexibility index (Phi) is 6.23. The molecule has 2 heterocycles. The van der Waals surface area contributed by atoms with Crippen LogP contribution >= 0.6 is 27.3 Å². The van der Waals surface area contributed by atoms with Crippen LogP contribution in [0.25, 0.3) is 0 Å². The van der Waals surface area contributed by atoms with E-state index in [9.17, 15) is 9.59 Å². The lowest BCUT2D eigenvalue weighted by atomic mass is 10.1. The maximum absolute atomic E-state index is 12.4. The number of anilines is 1. The van der Waals surface area contributed by atoms with E-state index in [1.54, 1.807) is 6.92 Å². The summed E-state index contributed by atoms with van der Waals surface area (Å²) in [6, 6.07) is 7.45. The summed E-state index contributed by atoms with van der Waals surface area (Å²) in [5.74, 6) is -0.639. The molecule has 1 fully saturated rings. The number of aromatic nitrogens is 1. The minimum absolute atomic E-state index is 0.189. The minimum Gasteiger partial charge on any atom is -0.378 e. The number of amides is 2. The lowest BCUT2D eigenvalue weighted by Gasteiger charge is -2.25. The van der Waals surface area contributed by atoms with Gasteiger partial charge in [-0.25, -0.2) is 4.98 Å². The largest absolute Gasteiger partial charge is 0.378 e. The van der Waals surface area contributed by atoms with Crippen LogP contribution in [-0.2, 0) is 16.0 Å². The fraction of sp³-hybridized carbons (Fsp3) is 0.353. The first-order chi connectivity index (χ1) is 12.5. The van der Waals surface area contributed by atoms with Crippen molar-refractivity contribution < 1.29 is 14.3 Å². The summed E-state index contributed by atoms with van der Waals surface area (Å²) in [6.07, 6.45) is 0.189. The van der Waals surface area contributed by atoms with Crippen molar-refractivity contribution in [1.29, 1.82) is 0 Å². The second kappa shape index (κ2) is 8.61. The molecule has 26 heavy (non-hydrogen) atoms. The van der Waals surface area contributed by atoms with Crippen molar-refractivity contribution in [3.63, 3.8) is 0 Å². The van der Waals surface area contributed by atoms with Crippen LogP contribution < -0.4 is 15.8 Å². The number of carbonyl (C=O) groups excluding carboxylic acids is 2. The molecule has 1 aliphatic heterocycles. The Labute approximate surface area is 163 Å². The summed E-state index contributed by atoms with van der Waals surface area (Å²) in [5, 5.41) is 0.803. The highest BCUT2D eigenvalue weighted by Crippen LogP contribution is 2.26. The number of hydrogen-bond donors (Lipinski definition) is 2. The predicted octanol–water partition coefficient (Wildman–Crippen LogP) is 2.05. The number of ether oxygens (including phenoxy) is 1. The van der Waals surface area contributed by atoms with Crippen molar-refractivity contribution in [3.8, 4) is 0 Å². The maximum atomic E-state index is 12.4. The standard InChI is InChI=1S/C17H19BrN4O3S/c1-11-15(26-17(19-11)22-6-8-25-9-7-22)16(24)21-20-14(23)10-12-2-4-13(18)5-3-12/h2-5H,6-10H2,1H3,(H,20,23)(H,21,24). The number of hydrazine groups is 1. The van der Waals surface area contributed by atoms with Gasteiger partial charge in [0, 0.05) is 17.6 Å². The zero-order chi connectivity index (χ0) is 18.5. The number of aryl methyl sites for hydroxylation is 1. The normalized spacial score (nSPS) is 14.2. The molecule has 9 heteroatoms. The van der Waals surface area contributed by atoms with Crippen LogP contribution in [0.4, 0.5) is 5.13 Å². The Morgan fingerprint density at radius 2 is 1.92 bits per heavy atom. The topological polar surface area (TPSA) is 83.6 Å². The first kappa shape index (κ1) is 18.8. The maximum Gasteiger partial charge on any atom is 0.281 e. The molecule has 1 aromatic heterocycles. The van der Waals surface area contributed by atoms with Crippen LogP contribution in [0.15, 0.2) is 28.7 Å². The molecular formula is C17H19BrN4O3S. The smallest absolute Gasteiger partial charge is 0.281 e. The highest BCUT2D eigenvalue weighted by molar-refractivity contribution is 9.10. The van der Waals surface area contributed by atoms with Gasteiger partial charge < -0.3 is 9.64 Å². The van der Waals surface area contributed by atoms with Gasteiger partial charge in [-0.2, -0.15) is 0 Å². The average Bonchev–Trinajstić information content (AvgIpc) is 3.04. The zero-order valence-corrected chi connectivity index (χ0v) is 16.7. The third-order valence-electron chi connectivity index (χ3n) is 3.87. The molecule has 0 aliphatic carbocycles. The van der Waals surface area contributed by atoms with Gasteiger partial charge in [0.05, 0.1) is 25.3 Å². The molecule has 0 spiro atoms. The molecule has 2 amide bonds. The number of carbonyl (C=O) groups is 2. The van der Waals surface area contributed by atoms with E-state index in [4.69, 9.17) is 4.74 Å². The molecule has 0 radical (unpaired) electrons. The number of halogens is 1. The SMILES string of the molecule is Cc1nc(N2CCOCC2)sc1C(=O)NNC(=O)Cc1ccc(Br)cc1. The number of benzene rings is 1. The van der Waals surface area contributed by atoms with E-state index < -0.39 is 0 Å². The van der Waals surface area contributed by atoms with Gasteiger partial charge in [-0.3, -0.25) is 20.4 Å². The molecule has 0 bridgehead atoms. The van der Waals surface area contributed by atoms with Crippen molar-refractivity contribution in [2.75, 3.05) is 31.2 Å². The van der Waals surface area contributed by atoms with Crippen molar-refractivity contribution in [2.45, 2.75) is 13.3 Å². The Morgan fingerprint density at radius 3 is 2.62 bits per heavy atom. The van der Waals surface area contributed by atoms with Crippen LogP contribution in [0.5, 0.6) is 0 Å². The van der Waals surface area contributed by atoms with Gasteiger partial charge in [0.25, 0.3) is 5.91 Å². The summed E-state index contributed by atoms with van der Waals surface area (Å²) < 4.78 is 6.28. The van der Waals surface area contributed by atoms with Crippen molar-refractivity contribution in [3.05, 3.63) is 44.9 Å². The van der Waals surface area contributed by atoms with E-state index in [0.717, 1.165) is 28.3 Å². The molecule has 1 saturated heterocycles. The summed E-state index contributed by atoms with van der Waals surface area (Å²) in [4.78, 5) is 31.4. The van der Waals surface area contributed by atoms with Crippen LogP contribution in [0.2, 0.25) is 0 Å². The van der Waals surface area contributed by atoms with Crippen molar-refractivity contribution in [1.82, 2.24) is 15.8 Å². The quantitative estimate of drug-likeness (QED) is 0.713. The summed E-state index contributed by atoms with van der Waals surface area (Å²) in [5.41, 5.74) is 6.44. The van der Waals surface area contributed by atoms with E-state index in [1.165, 1.54) is 11.3 Å². The third-order valence-corrected chi connectivity index (χ3v) is 5.61. The summed E-state index contributed by atoms with van der Waals surface area (Å²) >= 11 is 4.67. The van der Waals surface area contributed by atoms with Gasteiger partial charge in [0.2, 0.25) is 5.91 Å². The Bertz CT molecular complexity index is 788. The molecule has 7 nitrogen and oxygen atoms in total. The van der Waals surface area contributed by atoms with Crippen LogP contribution in [0.1, 0.15) is 20.9 Å². The molecular weight excluding hydrogens is 420 g/mol. The minimum atomic E-state index is -0.358. The molecule has 138 valence electrons. The van der Waals surface area contributed by atoms with Crippen LogP contribution in [0.3, 0.4) is 0 Å². The lowest BCUT2D eigenvalue weighted by molar-refractivity contribution is -0.121. The molecule has 0 unspecified atom stereocenters. The first-order valence-electron chi connectivity index (χ1n) is 8.16. The first-order valence-corrected chi connectivity index (χ1v) is 9.77. The summed E-state index contributed by atoms with van der Waals surface area (Å²) in [6.45, 7) is 4.63. The van der Waals surface area contributed by atoms with Crippen LogP contribution in [0, 0.1) is 6.92 Å². The Balaban J connectivity index is 1.55. The molecule has 2 aromatic rings. The Hall–Kier alpha value is -1.97. The van der Waals surface area contributed by atoms with Gasteiger partial charge in [0.15, 0.2) is 5.13 Å². The monoisotopic (exact) mass is 438 g/mol. The van der Waals surface area contributed by atoms with E-state index in [-0.39, 0.29) is 18.2 Å². The number of morpholine rings is 1. The van der Waals surface area contributed by atoms with Gasteiger partial charge >= 0.3 is 0 Å². The predicted molar refractivity (Wildman–Crippen MR) is 103 cm³/mol. The second-order valence-corrected chi connectivity index (χ2v) is 7.71. The molecule has 1 aliphatic rings. The number of hydrogen-bond acceptors (Lipinski definition) is 6. The molecule has 0 saturated carbocycles. The summed E-state index contributed by atoms with van der Waals surface area (Å²) in [7, 11) is 0. The second-order valence-electron chi connectivity index (χ2n) is 5.82. The number of thiazole rings is 1. The van der Waals surface area contributed by atoms with Gasteiger partial charge in [-0.15, -0.1) is 0 Å². The number of rotatable bonds is 4. The fourth-order valence-corrected chi connectivity index (χ4v) is 3.78. The fourth-order valence-electron chi connectivity index (χ4n) is 2.50. The lowest BCUT2D eigenvalue weighted by Crippen LogP contribution is -2.42. The van der Waals surface area contributed by atoms with Crippen molar-refractivity contribution in [2.24, 2.45) is 0 Å². The number of nitrogens with zero attached hydrogens (tertiary/aromatic N) is 2. The van der Waals surface area contributed by atoms with E-state index >= 15 is 0 Å². The zero-order valence-electron chi connectivity index (χ0n) is 14.3. The molecule has 3 rings (SSSR count). The van der Waals surface area contributed by atoms with Crippen LogP contribution in [-0.4, -0.2) is 43.1 Å². The van der Waals surface area contributed by atoms with E-state index in [1.807, 2.05) is 24.3 Å². The molecule has 0 atom stereocenters. The highest BCUT2D eigenvalue weighted by atomic mass is 79.9. The van der Waals surface area contributed by atoms with Gasteiger partial charge in [0.1, 0.15) is 4.88 Å². The third kappa shape index (κ3) is 4.80. The van der Waals surface area contributed by atoms with E-state index in [0.29, 0.717) is 23.8 Å². The van der Waals surface area contributed by atoms with Crippen molar-refractivity contribution >= 4 is 44.2 Å². The van der Waals surface area contributed by atoms with Gasteiger partial charge in [-0.05, 0) is 24.6 Å². The van der Waals surface area contributed by atoms with E-state index in [2.05, 4.69) is 36.7 Å². The molecule has 1 aromatic carbocycles. The highest BCUT2D eigenvalue weighted by Gasteiger charge is 2.20. The average molecular weight is 439 g/mol. The van der Waals surface area contributed by atoms with Gasteiger partial charge in [-0.1, -0.05) is 39.4 Å².